The molecule has 0 spiro atoms. The molecule has 13 heteroatoms. The Labute approximate surface area is 116 Å². The summed E-state index contributed by atoms with van der Waals surface area (Å²) in [6.07, 6.45) is 0. The van der Waals surface area contributed by atoms with Crippen molar-refractivity contribution in [2.24, 2.45) is 5.84 Å². The van der Waals surface area contributed by atoms with Gasteiger partial charge in [-0.2, -0.15) is 0 Å². The predicted octanol–water partition coefficient (Wildman–Crippen LogP) is 2.75. The van der Waals surface area contributed by atoms with Gasteiger partial charge in [-0.3, -0.25) is 5.84 Å². The van der Waals surface area contributed by atoms with Gasteiger partial charge in [0.15, 0.2) is 0 Å². The molecule has 0 fully saturated rings. The first kappa shape index (κ1) is 112. The summed E-state index contributed by atoms with van der Waals surface area (Å²) in [4.78, 5) is 0. The summed E-state index contributed by atoms with van der Waals surface area (Å²) in [6.45, 7) is 0. The fraction of sp³-hybridized carbons (Fsp3) is 0. The van der Waals surface area contributed by atoms with Crippen LogP contribution in [0.3, 0.4) is 0 Å². The molecule has 0 saturated heterocycles. The summed E-state index contributed by atoms with van der Waals surface area (Å²) >= 11 is 0. The van der Waals surface area contributed by atoms with E-state index in [-0.39, 0.29) is 67.7 Å². The molecule has 0 unspecified atom stereocenters. The Morgan fingerprint density at radius 3 is 0.947 bits per heavy atom. The first-order chi connectivity index (χ1) is 3.93. The predicted molar refractivity (Wildman–Crippen MR) is 89.5 cm³/mol. The number of rotatable bonds is 1. The van der Waals surface area contributed by atoms with Crippen LogP contribution in [0.15, 0.2) is 30.3 Å². The third kappa shape index (κ3) is 47.9. The molecule has 0 saturated carbocycles. The highest BCUT2D eigenvalue weighted by Gasteiger charge is 1.78. The number of benzene rings is 1. The second-order valence-corrected chi connectivity index (χ2v) is 1.51. The number of hydrazine groups is 1. The molecule has 0 aliphatic heterocycles. The molecule has 0 aliphatic carbocycles. The molecule has 36 N–H and O–H groups in total. The molecule has 1 rings (SSSR count). The van der Waals surface area contributed by atoms with E-state index in [9.17, 15) is 0 Å². The number of para-hydroxylation sites is 1. The molecular weight excluding hydrogens is 254 g/mol. The van der Waals surface area contributed by atoms with Gasteiger partial charge in [0.05, 0.1) is 0 Å². The van der Waals surface area contributed by atoms with Gasteiger partial charge in [-0.15, -0.1) is 0 Å². The van der Waals surface area contributed by atoms with Crippen molar-refractivity contribution in [1.82, 2.24) is 67.7 Å². The highest BCUT2D eigenvalue weighted by atomic mass is 15.2. The van der Waals surface area contributed by atoms with Crippen LogP contribution in [-0.2, 0) is 0 Å². The van der Waals surface area contributed by atoms with E-state index in [1.807, 2.05) is 30.3 Å². The number of anilines is 1. The fourth-order valence-corrected chi connectivity index (χ4v) is 0.534. The van der Waals surface area contributed by atoms with E-state index in [0.717, 1.165) is 5.69 Å². The van der Waals surface area contributed by atoms with Crippen molar-refractivity contribution in [1.29, 1.82) is 0 Å². The molecule has 1 aromatic carbocycles. The Hall–Kier alpha value is -1.46. The zero-order valence-corrected chi connectivity index (χ0v) is 12.2. The number of hydrogen-bond acceptors (Lipinski definition) is 13. The molecule has 0 bridgehead atoms. The van der Waals surface area contributed by atoms with Gasteiger partial charge in [-0.1, -0.05) is 18.2 Å². The van der Waals surface area contributed by atoms with Crippen LogP contribution in [0.1, 0.15) is 0 Å². The standard InChI is InChI=1S/C6H8N2.11H3N/c7-8-6-4-2-1-3-5-6;;;;;;;;;;;/h1-5,8H,7H2;11*1H3. The SMILES string of the molecule is N.N.N.N.N.N.N.N.N.N.N.NNc1ccccc1. The van der Waals surface area contributed by atoms with Crippen molar-refractivity contribution in [2.45, 2.75) is 0 Å². The minimum absolute atomic E-state index is 0. The van der Waals surface area contributed by atoms with Crippen molar-refractivity contribution in [2.75, 3.05) is 5.43 Å². The largest absolute Gasteiger partial charge is 0.344 e. The van der Waals surface area contributed by atoms with Crippen LogP contribution in [-0.4, -0.2) is 0 Å². The van der Waals surface area contributed by atoms with Gasteiger partial charge in [0.1, 0.15) is 0 Å². The Bertz CT molecular complexity index is 158. The summed E-state index contributed by atoms with van der Waals surface area (Å²) < 4.78 is 0. The second-order valence-electron chi connectivity index (χ2n) is 1.51. The van der Waals surface area contributed by atoms with Crippen LogP contribution in [0.4, 0.5) is 5.69 Å². The molecule has 0 heterocycles. The Kier molecular flexibility index (Phi) is 415. The Morgan fingerprint density at radius 2 is 0.789 bits per heavy atom. The van der Waals surface area contributed by atoms with Gasteiger partial charge in [0.25, 0.3) is 0 Å². The topological polar surface area (TPSA) is 423 Å². The molecule has 0 amide bonds. The van der Waals surface area contributed by atoms with Crippen LogP contribution in [0.25, 0.3) is 0 Å². The van der Waals surface area contributed by atoms with Gasteiger partial charge >= 0.3 is 0 Å². The summed E-state index contributed by atoms with van der Waals surface area (Å²) in [5, 5.41) is 0. The van der Waals surface area contributed by atoms with Crippen molar-refractivity contribution in [3.05, 3.63) is 30.3 Å². The molecule has 19 heavy (non-hydrogen) atoms. The van der Waals surface area contributed by atoms with Crippen LogP contribution in [0, 0.1) is 0 Å². The lowest BCUT2D eigenvalue weighted by Gasteiger charge is -1.94. The first-order valence-corrected chi connectivity index (χ1v) is 2.45. The number of nitrogen functional groups attached to an aromatic ring is 1. The van der Waals surface area contributed by atoms with Crippen LogP contribution in [0.5, 0.6) is 0 Å². The monoisotopic (exact) mass is 295 g/mol. The summed E-state index contributed by atoms with van der Waals surface area (Å²) in [5.41, 5.74) is 3.46. The average Bonchev–Trinajstić information content (AvgIpc) is 1.90. The third-order valence-corrected chi connectivity index (χ3v) is 0.940. The summed E-state index contributed by atoms with van der Waals surface area (Å²) in [5.74, 6) is 5.10. The highest BCUT2D eigenvalue weighted by Crippen LogP contribution is 2.00. The van der Waals surface area contributed by atoms with Crippen LogP contribution in [0.2, 0.25) is 0 Å². The van der Waals surface area contributed by atoms with Crippen molar-refractivity contribution in [3.63, 3.8) is 0 Å². The van der Waals surface area contributed by atoms with E-state index in [0.29, 0.717) is 0 Å². The second kappa shape index (κ2) is 70.3. The van der Waals surface area contributed by atoms with E-state index in [1.54, 1.807) is 0 Å². The zero-order chi connectivity index (χ0) is 5.82. The lowest BCUT2D eigenvalue weighted by Crippen LogP contribution is -2.05. The molecule has 0 radical (unpaired) electrons. The molecule has 130 valence electrons. The van der Waals surface area contributed by atoms with Crippen LogP contribution >= 0.6 is 0 Å². The smallest absolute Gasteiger partial charge is 0.0485 e. The molecule has 1 aromatic rings. The van der Waals surface area contributed by atoms with E-state index < -0.39 is 0 Å². The van der Waals surface area contributed by atoms with Crippen molar-refractivity contribution >= 4 is 5.69 Å². The maximum Gasteiger partial charge on any atom is 0.0485 e. The van der Waals surface area contributed by atoms with Crippen molar-refractivity contribution in [3.8, 4) is 0 Å². The van der Waals surface area contributed by atoms with E-state index in [2.05, 4.69) is 5.43 Å². The molecule has 0 aliphatic rings. The summed E-state index contributed by atoms with van der Waals surface area (Å²) in [7, 11) is 0. The Balaban J connectivity index is -0.00000000646. The quantitative estimate of drug-likeness (QED) is 0.261. The van der Waals surface area contributed by atoms with Crippen LogP contribution < -0.4 is 78.9 Å². The highest BCUT2D eigenvalue weighted by molar-refractivity contribution is 5.40. The maximum absolute atomic E-state index is 5.10. The maximum atomic E-state index is 5.10. The van der Waals surface area contributed by atoms with E-state index >= 15 is 0 Å². The molecule has 0 atom stereocenters. The molecular formula is C6H41N13. The number of nitrogens with one attached hydrogen (secondary N) is 1. The lowest BCUT2D eigenvalue weighted by atomic mass is 10.3. The van der Waals surface area contributed by atoms with Crippen molar-refractivity contribution < 1.29 is 0 Å². The molecule has 13 nitrogen and oxygen atoms in total. The molecule has 0 aromatic heterocycles. The first-order valence-electron chi connectivity index (χ1n) is 2.45. The number of hydrogen-bond donors (Lipinski definition) is 13. The summed E-state index contributed by atoms with van der Waals surface area (Å²) in [6, 6.07) is 9.60. The Morgan fingerprint density at radius 1 is 0.526 bits per heavy atom. The van der Waals surface area contributed by atoms with E-state index in [1.165, 1.54) is 0 Å². The van der Waals surface area contributed by atoms with Gasteiger partial charge in [-0.05, 0) is 12.1 Å². The normalized spacial score (nSPS) is 3.63. The van der Waals surface area contributed by atoms with Gasteiger partial charge in [0, 0.05) is 5.69 Å². The zero-order valence-electron chi connectivity index (χ0n) is 12.2. The lowest BCUT2D eigenvalue weighted by molar-refractivity contribution is 1.35. The average molecular weight is 295 g/mol. The minimum atomic E-state index is 0. The van der Waals surface area contributed by atoms with Gasteiger partial charge in [-0.25, -0.2) is 0 Å². The van der Waals surface area contributed by atoms with Gasteiger partial charge < -0.3 is 73.1 Å². The van der Waals surface area contributed by atoms with Gasteiger partial charge in [0.2, 0.25) is 0 Å². The minimum Gasteiger partial charge on any atom is -0.344 e. The third-order valence-electron chi connectivity index (χ3n) is 0.940. The van der Waals surface area contributed by atoms with E-state index in [4.69, 9.17) is 5.84 Å². The fourth-order valence-electron chi connectivity index (χ4n) is 0.534. The number of nitrogens with two attached hydrogens (primary N) is 1.